The van der Waals surface area contributed by atoms with Gasteiger partial charge in [-0.25, -0.2) is 4.68 Å². The first-order valence-electron chi connectivity index (χ1n) is 10.1. The van der Waals surface area contributed by atoms with Crippen molar-refractivity contribution in [1.29, 1.82) is 0 Å². The molecule has 2 aromatic heterocycles. The smallest absolute Gasteiger partial charge is 0.225 e. The molecule has 0 bridgehead atoms. The number of methoxy groups -OCH3 is 1. The van der Waals surface area contributed by atoms with E-state index < -0.39 is 0 Å². The van der Waals surface area contributed by atoms with Gasteiger partial charge in [-0.3, -0.25) is 9.89 Å². The fourth-order valence-corrected chi connectivity index (χ4v) is 3.75. The minimum absolute atomic E-state index is 0.0318. The molecule has 158 valence electrons. The first kappa shape index (κ1) is 19.1. The zero-order chi connectivity index (χ0) is 21.4. The molecule has 0 saturated heterocycles. The molecule has 2 aromatic carbocycles. The number of anilines is 2. The predicted octanol–water partition coefficient (Wildman–Crippen LogP) is 3.57. The number of carbonyl (C=O) groups excluding carboxylic acids is 1. The standard InChI is InChI=1S/C22H22N6O3/c1-28-22(24-17-7-6-16-15(12-23-26-16)20(17)13-3-4-13)25-21(27-28)14-5-8-18(31-10-9-29)19(11-14)30-2/h5-9,11-13H,3-4,10H2,1-2H3,(H,23,26)(H,24,25,27). The maximum absolute atomic E-state index is 10.6. The monoisotopic (exact) mass is 418 g/mol. The van der Waals surface area contributed by atoms with Crippen molar-refractivity contribution in [3.05, 3.63) is 42.1 Å². The molecule has 5 rings (SSSR count). The summed E-state index contributed by atoms with van der Waals surface area (Å²) in [6, 6.07) is 9.47. The van der Waals surface area contributed by atoms with Gasteiger partial charge in [0.2, 0.25) is 5.95 Å². The Hall–Kier alpha value is -3.88. The lowest BCUT2D eigenvalue weighted by Crippen LogP contribution is -2.02. The van der Waals surface area contributed by atoms with Crippen molar-refractivity contribution in [2.75, 3.05) is 19.0 Å². The van der Waals surface area contributed by atoms with E-state index in [-0.39, 0.29) is 6.61 Å². The van der Waals surface area contributed by atoms with Gasteiger partial charge in [0, 0.05) is 23.7 Å². The summed E-state index contributed by atoms with van der Waals surface area (Å²) in [5.74, 6) is 2.75. The van der Waals surface area contributed by atoms with Crippen LogP contribution in [0, 0.1) is 0 Å². The molecule has 0 amide bonds. The number of benzene rings is 2. The molecule has 0 unspecified atom stereocenters. The van der Waals surface area contributed by atoms with E-state index in [4.69, 9.17) is 14.5 Å². The van der Waals surface area contributed by atoms with Crippen molar-refractivity contribution in [3.63, 3.8) is 0 Å². The molecular weight excluding hydrogens is 396 g/mol. The van der Waals surface area contributed by atoms with Crippen molar-refractivity contribution >= 4 is 28.8 Å². The number of rotatable bonds is 8. The molecule has 2 N–H and O–H groups in total. The maximum Gasteiger partial charge on any atom is 0.225 e. The third kappa shape index (κ3) is 3.58. The number of H-pyrrole nitrogens is 1. The molecule has 0 spiro atoms. The number of carbonyl (C=O) groups is 1. The number of ether oxygens (including phenoxy) is 2. The number of nitrogens with zero attached hydrogens (tertiary/aromatic N) is 4. The summed E-state index contributed by atoms with van der Waals surface area (Å²) in [7, 11) is 3.40. The van der Waals surface area contributed by atoms with E-state index in [9.17, 15) is 4.79 Å². The molecule has 1 aliphatic carbocycles. The number of fused-ring (bicyclic) bond motifs is 1. The Kier molecular flexibility index (Phi) is 4.78. The fraction of sp³-hybridized carbons (Fsp3) is 0.273. The summed E-state index contributed by atoms with van der Waals surface area (Å²) in [4.78, 5) is 15.3. The van der Waals surface area contributed by atoms with Gasteiger partial charge >= 0.3 is 0 Å². The normalized spacial score (nSPS) is 13.4. The van der Waals surface area contributed by atoms with Crippen molar-refractivity contribution in [3.8, 4) is 22.9 Å². The number of aryl methyl sites for hydroxylation is 1. The van der Waals surface area contributed by atoms with E-state index in [1.807, 2.05) is 25.4 Å². The largest absolute Gasteiger partial charge is 0.493 e. The zero-order valence-electron chi connectivity index (χ0n) is 17.3. The fourth-order valence-electron chi connectivity index (χ4n) is 3.75. The summed E-state index contributed by atoms with van der Waals surface area (Å²) in [6.07, 6.45) is 4.95. The van der Waals surface area contributed by atoms with E-state index in [0.29, 0.717) is 35.5 Å². The van der Waals surface area contributed by atoms with Crippen LogP contribution in [0.5, 0.6) is 11.5 Å². The average molecular weight is 418 g/mol. The average Bonchev–Trinajstić information content (AvgIpc) is 3.39. The summed E-state index contributed by atoms with van der Waals surface area (Å²) in [6.45, 7) is -0.0318. The van der Waals surface area contributed by atoms with Gasteiger partial charge in [0.05, 0.1) is 18.8 Å². The highest BCUT2D eigenvalue weighted by molar-refractivity contribution is 5.89. The minimum atomic E-state index is -0.0318. The first-order chi connectivity index (χ1) is 15.2. The van der Waals surface area contributed by atoms with Crippen molar-refractivity contribution < 1.29 is 14.3 Å². The third-order valence-electron chi connectivity index (χ3n) is 5.39. The lowest BCUT2D eigenvalue weighted by molar-refractivity contribution is -0.109. The second kappa shape index (κ2) is 7.75. The van der Waals surface area contributed by atoms with E-state index in [2.05, 4.69) is 26.7 Å². The van der Waals surface area contributed by atoms with E-state index in [1.165, 1.54) is 18.4 Å². The topological polar surface area (TPSA) is 107 Å². The van der Waals surface area contributed by atoms with Crippen LogP contribution in [-0.2, 0) is 11.8 Å². The van der Waals surface area contributed by atoms with Crippen LogP contribution in [0.25, 0.3) is 22.3 Å². The Morgan fingerprint density at radius 2 is 2.13 bits per heavy atom. The Labute approximate surface area is 178 Å². The predicted molar refractivity (Wildman–Crippen MR) is 116 cm³/mol. The molecule has 0 aliphatic heterocycles. The van der Waals surface area contributed by atoms with Gasteiger partial charge in [-0.15, -0.1) is 5.10 Å². The number of nitrogens with one attached hydrogen (secondary N) is 2. The van der Waals surface area contributed by atoms with E-state index in [1.54, 1.807) is 23.9 Å². The molecule has 2 heterocycles. The van der Waals surface area contributed by atoms with Gasteiger partial charge < -0.3 is 14.8 Å². The molecule has 0 atom stereocenters. The SMILES string of the molecule is COc1cc(-c2nc(Nc3ccc4[nH]ncc4c3C3CC3)n(C)n2)ccc1OCC=O. The Balaban J connectivity index is 1.46. The number of aromatic amines is 1. The van der Waals surface area contributed by atoms with Gasteiger partial charge in [0.15, 0.2) is 23.6 Å². The van der Waals surface area contributed by atoms with Crippen LogP contribution in [-0.4, -0.2) is 45.0 Å². The van der Waals surface area contributed by atoms with Crippen LogP contribution in [0.2, 0.25) is 0 Å². The van der Waals surface area contributed by atoms with Crippen LogP contribution in [0.3, 0.4) is 0 Å². The van der Waals surface area contributed by atoms with Gasteiger partial charge in [0.1, 0.15) is 6.61 Å². The van der Waals surface area contributed by atoms with Gasteiger partial charge in [-0.1, -0.05) is 0 Å². The lowest BCUT2D eigenvalue weighted by atomic mass is 10.0. The lowest BCUT2D eigenvalue weighted by Gasteiger charge is -2.11. The molecule has 9 heteroatoms. The molecule has 1 aliphatic rings. The van der Waals surface area contributed by atoms with E-state index >= 15 is 0 Å². The van der Waals surface area contributed by atoms with Crippen molar-refractivity contribution in [1.82, 2.24) is 25.0 Å². The highest BCUT2D eigenvalue weighted by atomic mass is 16.5. The van der Waals surface area contributed by atoms with Gasteiger partial charge in [0.25, 0.3) is 0 Å². The van der Waals surface area contributed by atoms with Crippen LogP contribution in [0.1, 0.15) is 24.3 Å². The van der Waals surface area contributed by atoms with Crippen LogP contribution < -0.4 is 14.8 Å². The van der Waals surface area contributed by atoms with Crippen LogP contribution >= 0.6 is 0 Å². The van der Waals surface area contributed by atoms with Gasteiger partial charge in [-0.05, 0) is 54.7 Å². The highest BCUT2D eigenvalue weighted by Crippen LogP contribution is 2.47. The first-order valence-corrected chi connectivity index (χ1v) is 10.1. The number of aromatic nitrogens is 5. The minimum Gasteiger partial charge on any atom is -0.493 e. The summed E-state index contributed by atoms with van der Waals surface area (Å²) < 4.78 is 12.5. The molecule has 1 saturated carbocycles. The van der Waals surface area contributed by atoms with Crippen LogP contribution in [0.15, 0.2) is 36.5 Å². The van der Waals surface area contributed by atoms with Gasteiger partial charge in [-0.2, -0.15) is 10.1 Å². The second-order valence-electron chi connectivity index (χ2n) is 7.48. The molecule has 1 fully saturated rings. The van der Waals surface area contributed by atoms with Crippen molar-refractivity contribution in [2.45, 2.75) is 18.8 Å². The zero-order valence-corrected chi connectivity index (χ0v) is 17.3. The third-order valence-corrected chi connectivity index (χ3v) is 5.39. The Morgan fingerprint density at radius 1 is 1.26 bits per heavy atom. The molecule has 0 radical (unpaired) electrons. The molecule has 9 nitrogen and oxygen atoms in total. The second-order valence-corrected chi connectivity index (χ2v) is 7.48. The molecule has 4 aromatic rings. The van der Waals surface area contributed by atoms with E-state index in [0.717, 1.165) is 22.2 Å². The summed E-state index contributed by atoms with van der Waals surface area (Å²) in [5.41, 5.74) is 4.12. The Bertz CT molecular complexity index is 1260. The van der Waals surface area contributed by atoms with Crippen LogP contribution in [0.4, 0.5) is 11.6 Å². The van der Waals surface area contributed by atoms with Crippen molar-refractivity contribution in [2.24, 2.45) is 7.05 Å². The molecular formula is C22H22N6O3. The number of aldehydes is 1. The quantitative estimate of drug-likeness (QED) is 0.421. The molecule has 31 heavy (non-hydrogen) atoms. The Morgan fingerprint density at radius 3 is 2.90 bits per heavy atom. The number of hydrogen-bond acceptors (Lipinski definition) is 7. The maximum atomic E-state index is 10.6. The number of hydrogen-bond donors (Lipinski definition) is 2. The highest BCUT2D eigenvalue weighted by Gasteiger charge is 2.29. The summed E-state index contributed by atoms with van der Waals surface area (Å²) in [5, 5.41) is 16.4. The summed E-state index contributed by atoms with van der Waals surface area (Å²) >= 11 is 0.